The second-order valence-electron chi connectivity index (χ2n) is 4.59. The van der Waals surface area contributed by atoms with E-state index in [1.807, 2.05) is 6.92 Å². The van der Waals surface area contributed by atoms with Crippen molar-refractivity contribution in [3.8, 4) is 0 Å². The molecule has 2 heterocycles. The zero-order valence-corrected chi connectivity index (χ0v) is 10.6. The standard InChI is InChI=1S/C13H19N3O2/c1-2-16-9-11(5-6-13(16)18)15-12(17)8-10-4-3-7-14-10/h5-6,9-10,14H,2-4,7-8H2,1H3,(H,15,17). The first-order valence-corrected chi connectivity index (χ1v) is 6.43. The molecule has 98 valence electrons. The minimum atomic E-state index is -0.0482. The summed E-state index contributed by atoms with van der Waals surface area (Å²) in [5, 5.41) is 6.12. The summed E-state index contributed by atoms with van der Waals surface area (Å²) in [4.78, 5) is 23.2. The summed E-state index contributed by atoms with van der Waals surface area (Å²) >= 11 is 0. The fourth-order valence-corrected chi connectivity index (χ4v) is 2.22. The van der Waals surface area contributed by atoms with Crippen LogP contribution in [0.1, 0.15) is 26.2 Å². The number of anilines is 1. The van der Waals surface area contributed by atoms with Crippen molar-refractivity contribution < 1.29 is 4.79 Å². The van der Waals surface area contributed by atoms with Gasteiger partial charge in [-0.25, -0.2) is 0 Å². The molecule has 0 spiro atoms. The lowest BCUT2D eigenvalue weighted by atomic mass is 10.1. The van der Waals surface area contributed by atoms with Gasteiger partial charge in [0.1, 0.15) is 0 Å². The van der Waals surface area contributed by atoms with Crippen molar-refractivity contribution in [2.75, 3.05) is 11.9 Å². The van der Waals surface area contributed by atoms with Gasteiger partial charge in [0.2, 0.25) is 5.91 Å². The number of hydrogen-bond donors (Lipinski definition) is 2. The van der Waals surface area contributed by atoms with Gasteiger partial charge in [0.25, 0.3) is 5.56 Å². The van der Waals surface area contributed by atoms with Gasteiger partial charge < -0.3 is 15.2 Å². The van der Waals surface area contributed by atoms with Crippen LogP contribution >= 0.6 is 0 Å². The third kappa shape index (κ3) is 3.20. The van der Waals surface area contributed by atoms with Crippen LogP contribution in [0.2, 0.25) is 0 Å². The number of nitrogens with zero attached hydrogens (tertiary/aromatic N) is 1. The number of aromatic nitrogens is 1. The molecule has 2 rings (SSSR count). The topological polar surface area (TPSA) is 63.1 Å². The molecule has 0 radical (unpaired) electrons. The van der Waals surface area contributed by atoms with Crippen LogP contribution < -0.4 is 16.2 Å². The van der Waals surface area contributed by atoms with Crippen LogP contribution in [0.15, 0.2) is 23.1 Å². The molecule has 0 bridgehead atoms. The predicted molar refractivity (Wildman–Crippen MR) is 70.6 cm³/mol. The molecule has 1 amide bonds. The third-order valence-electron chi connectivity index (χ3n) is 3.20. The number of amides is 1. The first-order chi connectivity index (χ1) is 8.69. The largest absolute Gasteiger partial charge is 0.325 e. The summed E-state index contributed by atoms with van der Waals surface area (Å²) in [5.41, 5.74) is 0.632. The zero-order chi connectivity index (χ0) is 13.0. The number of rotatable bonds is 4. The van der Waals surface area contributed by atoms with Gasteiger partial charge in [0.05, 0.1) is 5.69 Å². The molecule has 1 atom stereocenters. The lowest BCUT2D eigenvalue weighted by molar-refractivity contribution is -0.116. The second-order valence-corrected chi connectivity index (χ2v) is 4.59. The minimum absolute atomic E-state index is 0.00398. The van der Waals surface area contributed by atoms with Crippen molar-refractivity contribution >= 4 is 11.6 Å². The van der Waals surface area contributed by atoms with Gasteiger partial charge in [-0.1, -0.05) is 0 Å². The maximum Gasteiger partial charge on any atom is 0.250 e. The molecule has 1 aromatic heterocycles. The fourth-order valence-electron chi connectivity index (χ4n) is 2.22. The Bertz CT molecular complexity index is 475. The number of hydrogen-bond acceptors (Lipinski definition) is 3. The van der Waals surface area contributed by atoms with Gasteiger partial charge in [-0.05, 0) is 32.4 Å². The van der Waals surface area contributed by atoms with Crippen molar-refractivity contribution in [1.82, 2.24) is 9.88 Å². The van der Waals surface area contributed by atoms with E-state index in [0.29, 0.717) is 24.7 Å². The molecule has 5 heteroatoms. The van der Waals surface area contributed by atoms with Gasteiger partial charge in [-0.15, -0.1) is 0 Å². The molecule has 1 unspecified atom stereocenters. The summed E-state index contributed by atoms with van der Waals surface area (Å²) in [5.74, 6) is -0.00398. The van der Waals surface area contributed by atoms with Crippen LogP contribution in [0.25, 0.3) is 0 Å². The Morgan fingerprint density at radius 3 is 3.06 bits per heavy atom. The van der Waals surface area contributed by atoms with E-state index in [9.17, 15) is 9.59 Å². The van der Waals surface area contributed by atoms with Crippen LogP contribution in [0, 0.1) is 0 Å². The molecule has 1 saturated heterocycles. The number of pyridine rings is 1. The Balaban J connectivity index is 1.95. The number of carbonyl (C=O) groups excluding carboxylic acids is 1. The molecule has 5 nitrogen and oxygen atoms in total. The highest BCUT2D eigenvalue weighted by atomic mass is 16.1. The van der Waals surface area contributed by atoms with Gasteiger partial charge in [-0.2, -0.15) is 0 Å². The highest BCUT2D eigenvalue weighted by Gasteiger charge is 2.17. The molecule has 18 heavy (non-hydrogen) atoms. The summed E-state index contributed by atoms with van der Waals surface area (Å²) in [6, 6.07) is 3.42. The van der Waals surface area contributed by atoms with E-state index in [4.69, 9.17) is 0 Å². The number of aryl methyl sites for hydroxylation is 1. The highest BCUT2D eigenvalue weighted by molar-refractivity contribution is 5.90. The summed E-state index contributed by atoms with van der Waals surface area (Å²) in [6.45, 7) is 3.50. The zero-order valence-electron chi connectivity index (χ0n) is 10.6. The molecule has 2 N–H and O–H groups in total. The van der Waals surface area contributed by atoms with Crippen LogP contribution in [0.4, 0.5) is 5.69 Å². The molecule has 0 aromatic carbocycles. The summed E-state index contributed by atoms with van der Waals surface area (Å²) < 4.78 is 1.57. The molecule has 0 saturated carbocycles. The van der Waals surface area contributed by atoms with Crippen molar-refractivity contribution in [2.45, 2.75) is 38.8 Å². The Morgan fingerprint density at radius 1 is 1.56 bits per heavy atom. The molecule has 0 aliphatic carbocycles. The van der Waals surface area contributed by atoms with Crippen LogP contribution in [-0.4, -0.2) is 23.1 Å². The molecule has 1 aliphatic heterocycles. The van der Waals surface area contributed by atoms with E-state index in [1.54, 1.807) is 16.8 Å². The van der Waals surface area contributed by atoms with Crippen LogP contribution in [0.5, 0.6) is 0 Å². The first kappa shape index (κ1) is 12.8. The molecular weight excluding hydrogens is 230 g/mol. The minimum Gasteiger partial charge on any atom is -0.325 e. The average Bonchev–Trinajstić information content (AvgIpc) is 2.84. The first-order valence-electron chi connectivity index (χ1n) is 6.43. The monoisotopic (exact) mass is 249 g/mol. The Hall–Kier alpha value is -1.62. The van der Waals surface area contributed by atoms with Crippen LogP contribution in [-0.2, 0) is 11.3 Å². The molecule has 1 fully saturated rings. The van der Waals surface area contributed by atoms with E-state index in [2.05, 4.69) is 10.6 Å². The van der Waals surface area contributed by atoms with E-state index in [1.165, 1.54) is 6.07 Å². The van der Waals surface area contributed by atoms with Gasteiger partial charge in [0, 0.05) is 31.3 Å². The van der Waals surface area contributed by atoms with Crippen molar-refractivity contribution in [2.24, 2.45) is 0 Å². The Kier molecular flexibility index (Phi) is 4.15. The predicted octanol–water partition coefficient (Wildman–Crippen LogP) is 0.949. The van der Waals surface area contributed by atoms with E-state index in [0.717, 1.165) is 19.4 Å². The van der Waals surface area contributed by atoms with Gasteiger partial charge in [0.15, 0.2) is 0 Å². The van der Waals surface area contributed by atoms with Crippen molar-refractivity contribution in [1.29, 1.82) is 0 Å². The van der Waals surface area contributed by atoms with Crippen LogP contribution in [0.3, 0.4) is 0 Å². The Morgan fingerprint density at radius 2 is 2.39 bits per heavy atom. The van der Waals surface area contributed by atoms with E-state index >= 15 is 0 Å². The lowest BCUT2D eigenvalue weighted by Gasteiger charge is -2.11. The highest BCUT2D eigenvalue weighted by Crippen LogP contribution is 2.10. The fraction of sp³-hybridized carbons (Fsp3) is 0.538. The number of nitrogens with one attached hydrogen (secondary N) is 2. The maximum absolute atomic E-state index is 11.8. The number of carbonyl (C=O) groups is 1. The average molecular weight is 249 g/mol. The maximum atomic E-state index is 11.8. The summed E-state index contributed by atoms with van der Waals surface area (Å²) in [7, 11) is 0. The smallest absolute Gasteiger partial charge is 0.250 e. The van der Waals surface area contributed by atoms with E-state index < -0.39 is 0 Å². The van der Waals surface area contributed by atoms with Gasteiger partial charge >= 0.3 is 0 Å². The molecule has 1 aromatic rings. The quantitative estimate of drug-likeness (QED) is 0.835. The lowest BCUT2D eigenvalue weighted by Crippen LogP contribution is -2.28. The Labute approximate surface area is 106 Å². The molecule has 1 aliphatic rings. The summed E-state index contributed by atoms with van der Waals surface area (Å²) in [6.07, 6.45) is 4.37. The second kappa shape index (κ2) is 5.82. The van der Waals surface area contributed by atoms with Crippen molar-refractivity contribution in [3.05, 3.63) is 28.7 Å². The van der Waals surface area contributed by atoms with Gasteiger partial charge in [-0.3, -0.25) is 9.59 Å². The van der Waals surface area contributed by atoms with E-state index in [-0.39, 0.29) is 11.5 Å². The SMILES string of the molecule is CCn1cc(NC(=O)CC2CCCN2)ccc1=O. The van der Waals surface area contributed by atoms with Crippen molar-refractivity contribution in [3.63, 3.8) is 0 Å². The normalized spacial score (nSPS) is 18.8. The third-order valence-corrected chi connectivity index (χ3v) is 3.20. The molecular formula is C13H19N3O2.